The molecule has 2 saturated heterocycles. The van der Waals surface area contributed by atoms with Crippen molar-refractivity contribution in [2.45, 2.75) is 18.6 Å². The van der Waals surface area contributed by atoms with Gasteiger partial charge in [-0.25, -0.2) is 0 Å². The molecule has 3 rings (SSSR count). The first-order chi connectivity index (χ1) is 11.5. The van der Waals surface area contributed by atoms with Gasteiger partial charge in [-0.1, -0.05) is 17.7 Å². The average molecular weight is 354 g/mol. The number of nitrogens with one attached hydrogen (secondary N) is 1. The third kappa shape index (κ3) is 3.98. The number of likely N-dealkylation sites (tertiary alicyclic amines) is 1. The molecule has 0 aliphatic carbocycles. The van der Waals surface area contributed by atoms with Gasteiger partial charge < -0.3 is 20.5 Å². The van der Waals surface area contributed by atoms with Crippen molar-refractivity contribution < 1.29 is 19.1 Å². The van der Waals surface area contributed by atoms with Crippen molar-refractivity contribution >= 4 is 23.4 Å². The van der Waals surface area contributed by atoms with Gasteiger partial charge in [-0.2, -0.15) is 0 Å². The molecule has 1 aromatic rings. The molecular formula is C16H20ClN3O4. The normalized spacial score (nSPS) is 24.1. The van der Waals surface area contributed by atoms with E-state index in [0.29, 0.717) is 17.3 Å². The number of nitrogens with two attached hydrogens (primary N) is 1. The molecule has 130 valence electrons. The van der Waals surface area contributed by atoms with Gasteiger partial charge in [0.15, 0.2) is 6.61 Å². The molecule has 1 unspecified atom stereocenters. The monoisotopic (exact) mass is 353 g/mol. The summed E-state index contributed by atoms with van der Waals surface area (Å²) in [5.41, 5.74) is 5.82. The zero-order valence-electron chi connectivity index (χ0n) is 13.2. The molecule has 24 heavy (non-hydrogen) atoms. The second kappa shape index (κ2) is 6.96. The Labute approximate surface area is 145 Å². The number of primary amides is 1. The summed E-state index contributed by atoms with van der Waals surface area (Å²) >= 11 is 6.19. The minimum atomic E-state index is -0.544. The first-order valence-electron chi connectivity index (χ1n) is 7.78. The van der Waals surface area contributed by atoms with Crippen LogP contribution in [0, 0.1) is 0 Å². The van der Waals surface area contributed by atoms with Gasteiger partial charge in [0.25, 0.3) is 5.91 Å². The van der Waals surface area contributed by atoms with Gasteiger partial charge in [0.2, 0.25) is 5.91 Å². The van der Waals surface area contributed by atoms with Crippen LogP contribution in [0.15, 0.2) is 18.2 Å². The molecule has 2 fully saturated rings. The number of carbonyl (C=O) groups excluding carboxylic acids is 2. The predicted octanol–water partition coefficient (Wildman–Crippen LogP) is 0.295. The van der Waals surface area contributed by atoms with Gasteiger partial charge in [0.1, 0.15) is 12.4 Å². The topological polar surface area (TPSA) is 93.9 Å². The Bertz CT molecular complexity index is 642. The zero-order valence-corrected chi connectivity index (χ0v) is 14.0. The molecule has 1 spiro atoms. The number of benzene rings is 1. The standard InChI is InChI=1S/C16H20ClN3O4/c17-12-5-11(1-2-13(12)23-7-14(18)21)6-20-4-3-16(10-20)9-19-15(22)8-24-16/h1-2,5H,3-4,6-10H2,(H2,18,21)(H,19,22). The van der Waals surface area contributed by atoms with E-state index in [4.69, 9.17) is 26.8 Å². The van der Waals surface area contributed by atoms with Crippen LogP contribution in [0.25, 0.3) is 0 Å². The van der Waals surface area contributed by atoms with Crippen molar-refractivity contribution in [2.24, 2.45) is 5.73 Å². The van der Waals surface area contributed by atoms with Crippen molar-refractivity contribution in [3.05, 3.63) is 28.8 Å². The molecule has 0 saturated carbocycles. The van der Waals surface area contributed by atoms with Crippen LogP contribution in [0.1, 0.15) is 12.0 Å². The van der Waals surface area contributed by atoms with Gasteiger partial charge in [-0.05, 0) is 24.1 Å². The van der Waals surface area contributed by atoms with Crippen LogP contribution in [0.2, 0.25) is 5.02 Å². The van der Waals surface area contributed by atoms with Gasteiger partial charge in [-0.15, -0.1) is 0 Å². The van der Waals surface area contributed by atoms with Crippen LogP contribution in [0.5, 0.6) is 5.75 Å². The summed E-state index contributed by atoms with van der Waals surface area (Å²) in [5, 5.41) is 3.32. The maximum atomic E-state index is 11.2. The van der Waals surface area contributed by atoms with E-state index >= 15 is 0 Å². The highest BCUT2D eigenvalue weighted by atomic mass is 35.5. The Kier molecular flexibility index (Phi) is 4.93. The quantitative estimate of drug-likeness (QED) is 0.793. The van der Waals surface area contributed by atoms with Crippen molar-refractivity contribution in [2.75, 3.05) is 32.8 Å². The molecule has 1 atom stereocenters. The van der Waals surface area contributed by atoms with E-state index in [0.717, 1.165) is 31.6 Å². The lowest BCUT2D eigenvalue weighted by atomic mass is 10.0. The van der Waals surface area contributed by atoms with Crippen LogP contribution in [-0.2, 0) is 20.9 Å². The first-order valence-corrected chi connectivity index (χ1v) is 8.16. The van der Waals surface area contributed by atoms with Crippen LogP contribution in [0.3, 0.4) is 0 Å². The Balaban J connectivity index is 1.58. The van der Waals surface area contributed by atoms with Crippen LogP contribution in [0.4, 0.5) is 0 Å². The molecule has 2 amide bonds. The lowest BCUT2D eigenvalue weighted by Crippen LogP contribution is -2.53. The summed E-state index contributed by atoms with van der Waals surface area (Å²) in [5.74, 6) is -0.162. The third-order valence-corrected chi connectivity index (χ3v) is 4.58. The number of carbonyl (C=O) groups is 2. The number of amides is 2. The van der Waals surface area contributed by atoms with E-state index in [1.165, 1.54) is 0 Å². The molecule has 2 heterocycles. The lowest BCUT2D eigenvalue weighted by molar-refractivity contribution is -0.142. The van der Waals surface area contributed by atoms with Crippen molar-refractivity contribution in [3.8, 4) is 5.75 Å². The minimum absolute atomic E-state index is 0.0580. The first kappa shape index (κ1) is 17.0. The highest BCUT2D eigenvalue weighted by Crippen LogP contribution is 2.30. The Morgan fingerprint density at radius 2 is 2.33 bits per heavy atom. The SMILES string of the molecule is NC(=O)COc1ccc(CN2CCC3(CNC(=O)CO3)C2)cc1Cl. The summed E-state index contributed by atoms with van der Waals surface area (Å²) in [7, 11) is 0. The highest BCUT2D eigenvalue weighted by molar-refractivity contribution is 6.32. The van der Waals surface area contributed by atoms with Gasteiger partial charge in [0, 0.05) is 26.2 Å². The maximum absolute atomic E-state index is 11.2. The largest absolute Gasteiger partial charge is 0.482 e. The minimum Gasteiger partial charge on any atom is -0.482 e. The van der Waals surface area contributed by atoms with Crippen molar-refractivity contribution in [3.63, 3.8) is 0 Å². The number of hydrogen-bond donors (Lipinski definition) is 2. The van der Waals surface area contributed by atoms with Gasteiger partial charge >= 0.3 is 0 Å². The molecule has 0 bridgehead atoms. The fourth-order valence-corrected chi connectivity index (χ4v) is 3.33. The van der Waals surface area contributed by atoms with E-state index in [9.17, 15) is 9.59 Å². The Morgan fingerprint density at radius 1 is 1.50 bits per heavy atom. The molecule has 3 N–H and O–H groups in total. The van der Waals surface area contributed by atoms with Crippen molar-refractivity contribution in [1.82, 2.24) is 10.2 Å². The van der Waals surface area contributed by atoms with E-state index in [1.807, 2.05) is 12.1 Å². The van der Waals surface area contributed by atoms with E-state index in [2.05, 4.69) is 10.2 Å². The smallest absolute Gasteiger partial charge is 0.255 e. The molecule has 0 radical (unpaired) electrons. The fraction of sp³-hybridized carbons (Fsp3) is 0.500. The Morgan fingerprint density at radius 3 is 3.00 bits per heavy atom. The number of morpholine rings is 1. The summed E-state index contributed by atoms with van der Waals surface area (Å²) in [6.07, 6.45) is 0.890. The highest BCUT2D eigenvalue weighted by Gasteiger charge is 2.41. The van der Waals surface area contributed by atoms with Crippen LogP contribution in [-0.4, -0.2) is 55.2 Å². The predicted molar refractivity (Wildman–Crippen MR) is 87.7 cm³/mol. The maximum Gasteiger partial charge on any atom is 0.255 e. The van der Waals surface area contributed by atoms with Gasteiger partial charge in [0.05, 0.1) is 10.6 Å². The zero-order chi connectivity index (χ0) is 17.2. The Hall–Kier alpha value is -1.83. The molecule has 0 aromatic heterocycles. The fourth-order valence-electron chi connectivity index (χ4n) is 3.07. The average Bonchev–Trinajstić information content (AvgIpc) is 2.92. The van der Waals surface area contributed by atoms with E-state index in [-0.39, 0.29) is 24.7 Å². The van der Waals surface area contributed by atoms with Crippen LogP contribution < -0.4 is 15.8 Å². The third-order valence-electron chi connectivity index (χ3n) is 4.28. The molecule has 2 aliphatic rings. The number of hydrogen-bond acceptors (Lipinski definition) is 5. The van der Waals surface area contributed by atoms with Crippen LogP contribution >= 0.6 is 11.6 Å². The summed E-state index contributed by atoms with van der Waals surface area (Å²) in [6.45, 7) is 2.89. The molecule has 2 aliphatic heterocycles. The number of nitrogens with zero attached hydrogens (tertiary/aromatic N) is 1. The second-order valence-electron chi connectivity index (χ2n) is 6.23. The van der Waals surface area contributed by atoms with Crippen molar-refractivity contribution in [1.29, 1.82) is 0 Å². The summed E-state index contributed by atoms with van der Waals surface area (Å²) in [4.78, 5) is 24.3. The summed E-state index contributed by atoms with van der Waals surface area (Å²) < 4.78 is 11.0. The molecule has 7 nitrogen and oxygen atoms in total. The van der Waals surface area contributed by atoms with E-state index < -0.39 is 5.91 Å². The number of halogens is 1. The van der Waals surface area contributed by atoms with E-state index in [1.54, 1.807) is 6.07 Å². The van der Waals surface area contributed by atoms with Gasteiger partial charge in [-0.3, -0.25) is 14.5 Å². The molecule has 1 aromatic carbocycles. The summed E-state index contributed by atoms with van der Waals surface area (Å²) in [6, 6.07) is 5.48. The second-order valence-corrected chi connectivity index (χ2v) is 6.64. The molecule has 8 heteroatoms. The molecular weight excluding hydrogens is 334 g/mol. The number of ether oxygens (including phenoxy) is 2. The lowest BCUT2D eigenvalue weighted by Gasteiger charge is -2.33. The number of rotatable bonds is 5.